The molecule has 1 unspecified atom stereocenters. The second kappa shape index (κ2) is 8.21. The normalized spacial score (nSPS) is 31.6. The van der Waals surface area contributed by atoms with Gasteiger partial charge >= 0.3 is 5.97 Å². The predicted octanol–water partition coefficient (Wildman–Crippen LogP) is 2.68. The van der Waals surface area contributed by atoms with Crippen LogP contribution in [0.25, 0.3) is 0 Å². The number of carbonyl (C=O) groups is 2. The highest BCUT2D eigenvalue weighted by Crippen LogP contribution is 2.58. The number of hydrogen-bond acceptors (Lipinski definition) is 6. The van der Waals surface area contributed by atoms with E-state index in [1.54, 1.807) is 6.92 Å². The smallest absolute Gasteiger partial charge is 0.311 e. The van der Waals surface area contributed by atoms with E-state index in [0.717, 1.165) is 11.8 Å². The van der Waals surface area contributed by atoms with Gasteiger partial charge in [0.05, 0.1) is 12.5 Å². The van der Waals surface area contributed by atoms with Crippen LogP contribution < -0.4 is 5.32 Å². The molecule has 4 aliphatic rings. The third-order valence-electron chi connectivity index (χ3n) is 7.01. The lowest BCUT2D eigenvalue weighted by molar-refractivity contribution is -0.157. The van der Waals surface area contributed by atoms with Crippen molar-refractivity contribution >= 4 is 11.9 Å². The molecule has 0 saturated heterocycles. The Hall–Kier alpha value is -1.92. The molecule has 4 bridgehead atoms. The Balaban J connectivity index is 1.36. The van der Waals surface area contributed by atoms with Crippen molar-refractivity contribution in [3.63, 3.8) is 0 Å². The van der Waals surface area contributed by atoms with Crippen LogP contribution in [0.15, 0.2) is 4.52 Å². The van der Waals surface area contributed by atoms with E-state index in [-0.39, 0.29) is 24.2 Å². The Morgan fingerprint density at radius 3 is 2.43 bits per heavy atom. The molecule has 0 radical (unpaired) electrons. The summed E-state index contributed by atoms with van der Waals surface area (Å²) in [6.45, 7) is 4.35. The van der Waals surface area contributed by atoms with E-state index in [4.69, 9.17) is 9.26 Å². The third-order valence-corrected chi connectivity index (χ3v) is 7.01. The lowest BCUT2D eigenvalue weighted by atomic mass is 9.49. The summed E-state index contributed by atoms with van der Waals surface area (Å²) in [7, 11) is 0. The predicted molar refractivity (Wildman–Crippen MR) is 101 cm³/mol. The number of esters is 1. The Labute approximate surface area is 166 Å². The zero-order valence-corrected chi connectivity index (χ0v) is 16.9. The van der Waals surface area contributed by atoms with E-state index in [0.29, 0.717) is 49.0 Å². The van der Waals surface area contributed by atoms with Gasteiger partial charge in [-0.2, -0.15) is 4.98 Å². The molecule has 1 N–H and O–H groups in total. The van der Waals surface area contributed by atoms with Crippen LogP contribution in [0.2, 0.25) is 0 Å². The van der Waals surface area contributed by atoms with Crippen LogP contribution in [0.4, 0.5) is 0 Å². The van der Waals surface area contributed by atoms with Gasteiger partial charge in [0.1, 0.15) is 0 Å². The summed E-state index contributed by atoms with van der Waals surface area (Å²) >= 11 is 0. The van der Waals surface area contributed by atoms with Crippen molar-refractivity contribution in [1.82, 2.24) is 15.5 Å². The van der Waals surface area contributed by atoms with Gasteiger partial charge in [-0.25, -0.2) is 0 Å². The molecule has 1 amide bonds. The molecule has 1 heterocycles. The molecule has 154 valence electrons. The minimum atomic E-state index is -0.232. The number of nitrogens with one attached hydrogen (secondary N) is 1. The van der Waals surface area contributed by atoms with Crippen molar-refractivity contribution in [3.8, 4) is 0 Å². The van der Waals surface area contributed by atoms with Gasteiger partial charge in [-0.3, -0.25) is 9.59 Å². The number of aryl methyl sites for hydroxylation is 2. The standard InChI is InChI=1S/C21H31N3O4/c1-3-27-21(26)17(11-22-18(25)4-5-19-23-12(2)24-28-19)20-15-7-13-6-14(9-15)10-16(20)8-13/h13-17,20H,3-11H2,1-2H3,(H,22,25). The summed E-state index contributed by atoms with van der Waals surface area (Å²) < 4.78 is 10.5. The molecule has 7 nitrogen and oxygen atoms in total. The molecule has 1 aromatic rings. The molecule has 1 aromatic heterocycles. The molecule has 1 atom stereocenters. The van der Waals surface area contributed by atoms with Gasteiger partial charge in [-0.05, 0) is 75.5 Å². The van der Waals surface area contributed by atoms with Gasteiger partial charge in [0.2, 0.25) is 11.8 Å². The number of ether oxygens (including phenoxy) is 1. The molecule has 0 aromatic carbocycles. The Morgan fingerprint density at radius 2 is 1.86 bits per heavy atom. The third kappa shape index (κ3) is 4.08. The van der Waals surface area contributed by atoms with Crippen LogP contribution in [-0.4, -0.2) is 35.2 Å². The first-order valence-corrected chi connectivity index (χ1v) is 10.8. The molecule has 28 heavy (non-hydrogen) atoms. The molecule has 4 saturated carbocycles. The van der Waals surface area contributed by atoms with Gasteiger partial charge in [0, 0.05) is 19.4 Å². The van der Waals surface area contributed by atoms with Crippen LogP contribution in [0.3, 0.4) is 0 Å². The van der Waals surface area contributed by atoms with Crippen molar-refractivity contribution in [1.29, 1.82) is 0 Å². The Bertz CT molecular complexity index is 688. The maximum absolute atomic E-state index is 12.8. The van der Waals surface area contributed by atoms with E-state index < -0.39 is 0 Å². The van der Waals surface area contributed by atoms with E-state index in [9.17, 15) is 9.59 Å². The minimum Gasteiger partial charge on any atom is -0.466 e. The Kier molecular flexibility index (Phi) is 5.69. The first kappa shape index (κ1) is 19.4. The number of nitrogens with zero attached hydrogens (tertiary/aromatic N) is 2. The first-order chi connectivity index (χ1) is 13.5. The maximum Gasteiger partial charge on any atom is 0.311 e. The van der Waals surface area contributed by atoms with Crippen molar-refractivity contribution in [2.45, 2.75) is 58.8 Å². The second-order valence-corrected chi connectivity index (χ2v) is 8.91. The van der Waals surface area contributed by atoms with Gasteiger partial charge < -0.3 is 14.6 Å². The topological polar surface area (TPSA) is 94.3 Å². The minimum absolute atomic E-state index is 0.0889. The summed E-state index contributed by atoms with van der Waals surface area (Å²) in [5, 5.41) is 6.72. The largest absolute Gasteiger partial charge is 0.466 e. The van der Waals surface area contributed by atoms with Crippen LogP contribution in [0, 0.1) is 42.4 Å². The van der Waals surface area contributed by atoms with E-state index in [2.05, 4.69) is 15.5 Å². The fourth-order valence-electron chi connectivity index (χ4n) is 6.22. The lowest BCUT2D eigenvalue weighted by Gasteiger charge is -2.56. The van der Waals surface area contributed by atoms with E-state index in [1.165, 1.54) is 32.1 Å². The molecular formula is C21H31N3O4. The average molecular weight is 389 g/mol. The quantitative estimate of drug-likeness (QED) is 0.687. The highest BCUT2D eigenvalue weighted by molar-refractivity contribution is 5.78. The van der Waals surface area contributed by atoms with Gasteiger partial charge in [-0.15, -0.1) is 0 Å². The number of carbonyl (C=O) groups excluding carboxylic acids is 2. The number of rotatable bonds is 8. The van der Waals surface area contributed by atoms with Gasteiger partial charge in [0.15, 0.2) is 5.82 Å². The number of hydrogen-bond donors (Lipinski definition) is 1. The molecule has 0 aliphatic heterocycles. The van der Waals surface area contributed by atoms with Gasteiger partial charge in [0.25, 0.3) is 0 Å². The zero-order valence-electron chi connectivity index (χ0n) is 16.9. The number of amides is 1. The lowest BCUT2D eigenvalue weighted by Crippen LogP contribution is -2.51. The van der Waals surface area contributed by atoms with Crippen LogP contribution in [0.1, 0.15) is 57.2 Å². The molecule has 4 aliphatic carbocycles. The molecule has 5 rings (SSSR count). The van der Waals surface area contributed by atoms with E-state index >= 15 is 0 Å². The van der Waals surface area contributed by atoms with Crippen LogP contribution in [0.5, 0.6) is 0 Å². The highest BCUT2D eigenvalue weighted by Gasteiger charge is 2.52. The van der Waals surface area contributed by atoms with Crippen LogP contribution >= 0.6 is 0 Å². The summed E-state index contributed by atoms with van der Waals surface area (Å²) in [5.74, 6) is 3.86. The van der Waals surface area contributed by atoms with Crippen molar-refractivity contribution < 1.29 is 18.8 Å². The molecule has 7 heteroatoms. The van der Waals surface area contributed by atoms with Crippen molar-refractivity contribution in [3.05, 3.63) is 11.7 Å². The Morgan fingerprint density at radius 1 is 1.18 bits per heavy atom. The van der Waals surface area contributed by atoms with Crippen LogP contribution in [-0.2, 0) is 20.7 Å². The summed E-state index contributed by atoms with van der Waals surface area (Å²) in [4.78, 5) is 29.2. The zero-order chi connectivity index (χ0) is 19.7. The van der Waals surface area contributed by atoms with Gasteiger partial charge in [-0.1, -0.05) is 5.16 Å². The monoisotopic (exact) mass is 389 g/mol. The second-order valence-electron chi connectivity index (χ2n) is 8.91. The summed E-state index contributed by atoms with van der Waals surface area (Å²) in [6.07, 6.45) is 7.06. The summed E-state index contributed by atoms with van der Waals surface area (Å²) in [6, 6.07) is 0. The molecule has 4 fully saturated rings. The average Bonchev–Trinajstić information content (AvgIpc) is 3.07. The molecule has 0 spiro atoms. The fraction of sp³-hybridized carbons (Fsp3) is 0.810. The SMILES string of the molecule is CCOC(=O)C(CNC(=O)CCc1nc(C)no1)C1C2CC3CC(C2)CC1C3. The highest BCUT2D eigenvalue weighted by atomic mass is 16.5. The number of aromatic nitrogens is 2. The fourth-order valence-corrected chi connectivity index (χ4v) is 6.22. The first-order valence-electron chi connectivity index (χ1n) is 10.8. The molecular weight excluding hydrogens is 358 g/mol. The van der Waals surface area contributed by atoms with Crippen molar-refractivity contribution in [2.75, 3.05) is 13.2 Å². The van der Waals surface area contributed by atoms with Crippen molar-refractivity contribution in [2.24, 2.45) is 35.5 Å². The van der Waals surface area contributed by atoms with E-state index in [1.807, 2.05) is 6.92 Å². The maximum atomic E-state index is 12.8. The summed E-state index contributed by atoms with van der Waals surface area (Å²) in [5.41, 5.74) is 0.